The molecule has 9 nitrogen and oxygen atoms in total. The number of amides is 1. The number of benzene rings is 3. The fraction of sp³-hybridized carbons (Fsp3) is 0.344. The highest BCUT2D eigenvalue weighted by atomic mass is 32.2. The Morgan fingerprint density at radius 1 is 1.02 bits per heavy atom. The summed E-state index contributed by atoms with van der Waals surface area (Å²) in [5.74, 6) is 0.303. The SMILES string of the molecule is CN(CCN1CCOCC1)C(=O)Oc1[nH]c2ccc(NS(=O)(=O)c3ccc(C(C)(C)C)cc3)cc2c1-c1ccccc1. The minimum absolute atomic E-state index is 0.0818. The monoisotopic (exact) mass is 590 g/mol. The van der Waals surface area contributed by atoms with Crippen molar-refractivity contribution in [1.82, 2.24) is 14.8 Å². The molecule has 2 N–H and O–H groups in total. The van der Waals surface area contributed by atoms with Crippen molar-refractivity contribution in [1.29, 1.82) is 0 Å². The first kappa shape index (κ1) is 29.6. The summed E-state index contributed by atoms with van der Waals surface area (Å²) in [6.07, 6.45) is -0.480. The fourth-order valence-corrected chi connectivity index (χ4v) is 5.97. The third kappa shape index (κ3) is 6.78. The van der Waals surface area contributed by atoms with Gasteiger partial charge in [0.25, 0.3) is 10.0 Å². The van der Waals surface area contributed by atoms with E-state index in [2.05, 4.69) is 35.4 Å². The molecule has 1 saturated heterocycles. The van der Waals surface area contributed by atoms with E-state index >= 15 is 0 Å². The molecule has 1 aliphatic rings. The number of sulfonamides is 1. The molecular formula is C32H38N4O5S. The summed E-state index contributed by atoms with van der Waals surface area (Å²) in [6.45, 7) is 10.6. The number of fused-ring (bicyclic) bond motifs is 1. The van der Waals surface area contributed by atoms with Crippen LogP contribution in [0.25, 0.3) is 22.0 Å². The van der Waals surface area contributed by atoms with Crippen molar-refractivity contribution >= 4 is 32.7 Å². The van der Waals surface area contributed by atoms with E-state index < -0.39 is 16.1 Å². The van der Waals surface area contributed by atoms with Gasteiger partial charge in [-0.2, -0.15) is 0 Å². The molecule has 5 rings (SSSR count). The Bertz CT molecular complexity index is 1640. The lowest BCUT2D eigenvalue weighted by molar-refractivity contribution is 0.0349. The number of H-pyrrole nitrogens is 1. The quantitative estimate of drug-likeness (QED) is 0.273. The van der Waals surface area contributed by atoms with Crippen molar-refractivity contribution in [3.63, 3.8) is 0 Å². The highest BCUT2D eigenvalue weighted by molar-refractivity contribution is 7.92. The second kappa shape index (κ2) is 12.2. The molecule has 1 fully saturated rings. The van der Waals surface area contributed by atoms with Gasteiger partial charge in [0.2, 0.25) is 5.88 Å². The summed E-state index contributed by atoms with van der Waals surface area (Å²) in [5.41, 5.74) is 3.60. The van der Waals surface area contributed by atoms with Crippen LogP contribution in [0.1, 0.15) is 26.3 Å². The number of nitrogens with one attached hydrogen (secondary N) is 2. The molecule has 0 bridgehead atoms. The zero-order valence-electron chi connectivity index (χ0n) is 24.5. The van der Waals surface area contributed by atoms with Crippen LogP contribution in [0, 0.1) is 0 Å². The maximum atomic E-state index is 13.3. The Kier molecular flexibility index (Phi) is 8.58. The Hall–Kier alpha value is -3.86. The number of ether oxygens (including phenoxy) is 2. The lowest BCUT2D eigenvalue weighted by atomic mass is 9.87. The number of hydrogen-bond acceptors (Lipinski definition) is 6. The van der Waals surface area contributed by atoms with E-state index in [0.29, 0.717) is 42.4 Å². The molecule has 0 atom stereocenters. The van der Waals surface area contributed by atoms with E-state index in [1.807, 2.05) is 42.5 Å². The Balaban J connectivity index is 1.40. The first-order valence-electron chi connectivity index (χ1n) is 14.1. The van der Waals surface area contributed by atoms with Gasteiger partial charge < -0.3 is 19.4 Å². The molecule has 222 valence electrons. The topological polar surface area (TPSA) is 104 Å². The van der Waals surface area contributed by atoms with Gasteiger partial charge in [0.15, 0.2) is 0 Å². The molecule has 1 aromatic heterocycles. The number of aromatic nitrogens is 1. The third-order valence-corrected chi connectivity index (χ3v) is 8.86. The van der Waals surface area contributed by atoms with Gasteiger partial charge in [-0.15, -0.1) is 0 Å². The lowest BCUT2D eigenvalue weighted by Crippen LogP contribution is -2.42. The maximum absolute atomic E-state index is 13.3. The van der Waals surface area contributed by atoms with E-state index in [0.717, 1.165) is 36.1 Å². The normalized spacial score (nSPS) is 14.6. The molecule has 1 aliphatic heterocycles. The smallest absolute Gasteiger partial charge is 0.392 e. The van der Waals surface area contributed by atoms with Crippen molar-refractivity contribution in [2.24, 2.45) is 0 Å². The van der Waals surface area contributed by atoms with Crippen LogP contribution in [0.2, 0.25) is 0 Å². The zero-order chi connectivity index (χ0) is 29.9. The number of carbonyl (C=O) groups is 1. The summed E-state index contributed by atoms with van der Waals surface area (Å²) in [5, 5.41) is 0.725. The average molecular weight is 591 g/mol. The summed E-state index contributed by atoms with van der Waals surface area (Å²) in [6, 6.07) is 21.7. The molecule has 0 aliphatic carbocycles. The molecule has 3 aromatic carbocycles. The largest absolute Gasteiger partial charge is 0.416 e. The van der Waals surface area contributed by atoms with E-state index in [9.17, 15) is 13.2 Å². The third-order valence-electron chi connectivity index (χ3n) is 7.47. The van der Waals surface area contributed by atoms with Gasteiger partial charge in [-0.25, -0.2) is 13.2 Å². The Morgan fingerprint density at radius 3 is 2.38 bits per heavy atom. The van der Waals surface area contributed by atoms with Crippen molar-refractivity contribution in [2.75, 3.05) is 51.2 Å². The molecule has 10 heteroatoms. The van der Waals surface area contributed by atoms with Crippen LogP contribution >= 0.6 is 0 Å². The van der Waals surface area contributed by atoms with Crippen molar-refractivity contribution in [3.05, 3.63) is 78.4 Å². The van der Waals surface area contributed by atoms with E-state index in [1.54, 1.807) is 42.3 Å². The predicted molar refractivity (Wildman–Crippen MR) is 166 cm³/mol. The average Bonchev–Trinajstić information content (AvgIpc) is 3.33. The fourth-order valence-electron chi connectivity index (χ4n) is 4.92. The Morgan fingerprint density at radius 2 is 1.71 bits per heavy atom. The number of anilines is 1. The van der Waals surface area contributed by atoms with Crippen molar-refractivity contribution < 1.29 is 22.7 Å². The lowest BCUT2D eigenvalue weighted by Gasteiger charge is -2.28. The second-order valence-corrected chi connectivity index (χ2v) is 13.3. The van der Waals surface area contributed by atoms with E-state index in [1.165, 1.54) is 0 Å². The van der Waals surface area contributed by atoms with Gasteiger partial charge in [0.05, 0.1) is 23.7 Å². The van der Waals surface area contributed by atoms with Gasteiger partial charge in [0.1, 0.15) is 0 Å². The summed E-state index contributed by atoms with van der Waals surface area (Å²) >= 11 is 0. The Labute approximate surface area is 247 Å². The molecule has 0 unspecified atom stereocenters. The minimum atomic E-state index is -3.82. The number of hydrogen-bond donors (Lipinski definition) is 2. The predicted octanol–water partition coefficient (Wildman–Crippen LogP) is 5.70. The van der Waals surface area contributed by atoms with Crippen molar-refractivity contribution in [2.45, 2.75) is 31.1 Å². The molecule has 0 spiro atoms. The number of rotatable bonds is 8. The second-order valence-electron chi connectivity index (χ2n) is 11.6. The van der Waals surface area contributed by atoms with Crippen LogP contribution < -0.4 is 9.46 Å². The highest BCUT2D eigenvalue weighted by Gasteiger charge is 2.22. The minimum Gasteiger partial charge on any atom is -0.392 e. The number of carbonyl (C=O) groups excluding carboxylic acids is 1. The van der Waals surface area contributed by atoms with Crippen LogP contribution in [0.15, 0.2) is 77.7 Å². The first-order chi connectivity index (χ1) is 20.0. The summed E-state index contributed by atoms with van der Waals surface area (Å²) < 4.78 is 40.5. The van der Waals surface area contributed by atoms with Crippen LogP contribution in [0.4, 0.5) is 10.5 Å². The molecule has 2 heterocycles. The molecule has 1 amide bonds. The highest BCUT2D eigenvalue weighted by Crippen LogP contribution is 2.39. The van der Waals surface area contributed by atoms with Crippen LogP contribution in [-0.4, -0.2) is 75.7 Å². The zero-order valence-corrected chi connectivity index (χ0v) is 25.3. The van der Waals surface area contributed by atoms with Crippen LogP contribution in [0.3, 0.4) is 0 Å². The number of nitrogens with zero attached hydrogens (tertiary/aromatic N) is 2. The van der Waals surface area contributed by atoms with E-state index in [-0.39, 0.29) is 10.3 Å². The van der Waals surface area contributed by atoms with E-state index in [4.69, 9.17) is 9.47 Å². The van der Waals surface area contributed by atoms with Crippen LogP contribution in [0.5, 0.6) is 5.88 Å². The summed E-state index contributed by atoms with van der Waals surface area (Å²) in [7, 11) is -2.11. The van der Waals surface area contributed by atoms with Gasteiger partial charge >= 0.3 is 6.09 Å². The number of morpholine rings is 1. The maximum Gasteiger partial charge on any atom is 0.416 e. The molecule has 0 saturated carbocycles. The van der Waals surface area contributed by atoms with Gasteiger partial charge in [-0.1, -0.05) is 63.2 Å². The van der Waals surface area contributed by atoms with Gasteiger partial charge in [-0.3, -0.25) is 9.62 Å². The standard InChI is InChI=1S/C32H38N4O5S/c1-32(2,3)24-10-13-26(14-11-24)42(38,39)34-25-12-15-28-27(22-25)29(23-8-6-5-7-9-23)30(33-28)41-31(37)35(4)16-17-36-18-20-40-21-19-36/h5-15,22,33-34H,16-21H2,1-4H3. The number of likely N-dealkylation sites (N-methyl/N-ethyl adjacent to an activating group) is 1. The molecule has 0 radical (unpaired) electrons. The van der Waals surface area contributed by atoms with Crippen LogP contribution in [-0.2, 0) is 20.2 Å². The molecular weight excluding hydrogens is 552 g/mol. The molecule has 4 aromatic rings. The van der Waals surface area contributed by atoms with Crippen molar-refractivity contribution in [3.8, 4) is 17.0 Å². The summed E-state index contributed by atoms with van der Waals surface area (Å²) in [4.78, 5) is 20.3. The van der Waals surface area contributed by atoms with Gasteiger partial charge in [-0.05, 0) is 46.9 Å². The van der Waals surface area contributed by atoms with Gasteiger partial charge in [0, 0.05) is 49.8 Å². The molecule has 42 heavy (non-hydrogen) atoms. The number of aromatic amines is 1. The first-order valence-corrected chi connectivity index (χ1v) is 15.6.